The van der Waals surface area contributed by atoms with E-state index < -0.39 is 11.7 Å². The summed E-state index contributed by atoms with van der Waals surface area (Å²) in [5.74, 6) is -0.881. The van der Waals surface area contributed by atoms with Gasteiger partial charge in [0.2, 0.25) is 5.78 Å². The molecule has 0 N–H and O–H groups in total. The topological polar surface area (TPSA) is 37.4 Å². The number of carbonyl (C=O) groups is 2. The fraction of sp³-hybridized carbons (Fsp3) is 0.111. The van der Waals surface area contributed by atoms with Crippen LogP contribution in [-0.4, -0.2) is 23.1 Å². The highest BCUT2D eigenvalue weighted by Gasteiger charge is 2.33. The average Bonchev–Trinajstić information content (AvgIpc) is 2.77. The molecule has 1 heterocycles. The van der Waals surface area contributed by atoms with Crippen LogP contribution in [0.4, 0.5) is 0 Å². The van der Waals surface area contributed by atoms with Crippen LogP contribution in [0.3, 0.4) is 0 Å². The van der Waals surface area contributed by atoms with Gasteiger partial charge in [0.1, 0.15) is 0 Å². The Morgan fingerprint density at radius 3 is 2.55 bits per heavy atom. The first kappa shape index (κ1) is 14.5. The molecule has 22 heavy (non-hydrogen) atoms. The number of amides is 1. The standard InChI is InChI=1S/C18H14ClNO2/c19-16-8-4-7-14(10-16)9-15-12-20(18(22)17(15)21)11-13-5-2-1-3-6-13/h1-10H,11-12H2/b15-9-. The first-order chi connectivity index (χ1) is 10.6. The van der Waals surface area contributed by atoms with Crippen LogP contribution < -0.4 is 0 Å². The molecule has 0 unspecified atom stereocenters. The lowest BCUT2D eigenvalue weighted by atomic mass is 10.1. The molecule has 1 aliphatic heterocycles. The van der Waals surface area contributed by atoms with Crippen molar-refractivity contribution in [2.45, 2.75) is 6.54 Å². The molecule has 0 atom stereocenters. The van der Waals surface area contributed by atoms with Crippen LogP contribution in [0.1, 0.15) is 11.1 Å². The van der Waals surface area contributed by atoms with Crippen LogP contribution >= 0.6 is 11.6 Å². The van der Waals surface area contributed by atoms with Gasteiger partial charge in [-0.25, -0.2) is 0 Å². The lowest BCUT2D eigenvalue weighted by Crippen LogP contribution is -2.26. The van der Waals surface area contributed by atoms with Gasteiger partial charge in [0.05, 0.1) is 6.54 Å². The smallest absolute Gasteiger partial charge is 0.295 e. The molecule has 3 nitrogen and oxygen atoms in total. The molecular weight excluding hydrogens is 298 g/mol. The third-order valence-corrected chi connectivity index (χ3v) is 3.78. The van der Waals surface area contributed by atoms with Gasteiger partial charge in [-0.15, -0.1) is 0 Å². The van der Waals surface area contributed by atoms with Gasteiger partial charge in [-0.3, -0.25) is 9.59 Å². The van der Waals surface area contributed by atoms with Crippen LogP contribution in [-0.2, 0) is 16.1 Å². The van der Waals surface area contributed by atoms with Crippen LogP contribution in [0.25, 0.3) is 6.08 Å². The normalized spacial score (nSPS) is 16.6. The largest absolute Gasteiger partial charge is 0.327 e. The minimum Gasteiger partial charge on any atom is -0.327 e. The van der Waals surface area contributed by atoms with Crippen molar-refractivity contribution in [1.29, 1.82) is 0 Å². The maximum absolute atomic E-state index is 12.1. The van der Waals surface area contributed by atoms with Gasteiger partial charge < -0.3 is 4.90 Å². The van der Waals surface area contributed by atoms with E-state index in [1.54, 1.807) is 23.1 Å². The van der Waals surface area contributed by atoms with E-state index in [1.807, 2.05) is 42.5 Å². The van der Waals surface area contributed by atoms with Crippen LogP contribution in [0.15, 0.2) is 60.2 Å². The molecule has 2 aromatic rings. The Hall–Kier alpha value is -2.39. The zero-order valence-electron chi connectivity index (χ0n) is 11.8. The molecule has 1 amide bonds. The SMILES string of the molecule is O=C1C(=O)N(Cc2ccccc2)C/C1=C/c1cccc(Cl)c1. The molecule has 0 aliphatic carbocycles. The Kier molecular flexibility index (Phi) is 4.07. The van der Waals surface area contributed by atoms with Crippen LogP contribution in [0, 0.1) is 0 Å². The number of likely N-dealkylation sites (tertiary alicyclic amines) is 1. The molecule has 0 spiro atoms. The zero-order valence-corrected chi connectivity index (χ0v) is 12.6. The van der Waals surface area contributed by atoms with Gasteiger partial charge in [-0.1, -0.05) is 54.1 Å². The number of hydrogen-bond acceptors (Lipinski definition) is 2. The maximum atomic E-state index is 12.1. The second-order valence-corrected chi connectivity index (χ2v) is 5.64. The van der Waals surface area contributed by atoms with Crippen molar-refractivity contribution >= 4 is 29.4 Å². The van der Waals surface area contributed by atoms with Gasteiger partial charge in [0.25, 0.3) is 5.91 Å². The summed E-state index contributed by atoms with van der Waals surface area (Å²) >= 11 is 5.94. The molecule has 0 radical (unpaired) electrons. The fourth-order valence-corrected chi connectivity index (χ4v) is 2.67. The van der Waals surface area contributed by atoms with E-state index in [0.29, 0.717) is 23.7 Å². The Morgan fingerprint density at radius 1 is 1.05 bits per heavy atom. The van der Waals surface area contributed by atoms with E-state index in [9.17, 15) is 9.59 Å². The average molecular weight is 312 g/mol. The van der Waals surface area contributed by atoms with Crippen LogP contribution in [0.2, 0.25) is 5.02 Å². The highest BCUT2D eigenvalue weighted by molar-refractivity contribution is 6.45. The van der Waals surface area contributed by atoms with E-state index in [4.69, 9.17) is 11.6 Å². The molecule has 110 valence electrons. The number of hydrogen-bond donors (Lipinski definition) is 0. The minimum atomic E-state index is -0.447. The number of halogens is 1. The lowest BCUT2D eigenvalue weighted by molar-refractivity contribution is -0.139. The zero-order chi connectivity index (χ0) is 15.5. The summed E-state index contributed by atoms with van der Waals surface area (Å²) in [6.07, 6.45) is 1.73. The van der Waals surface area contributed by atoms with Crippen molar-refractivity contribution in [2.75, 3.05) is 6.54 Å². The third-order valence-electron chi connectivity index (χ3n) is 3.54. The summed E-state index contributed by atoms with van der Waals surface area (Å²) in [7, 11) is 0. The van der Waals surface area contributed by atoms with E-state index >= 15 is 0 Å². The van der Waals surface area contributed by atoms with E-state index in [0.717, 1.165) is 11.1 Å². The number of carbonyl (C=O) groups excluding carboxylic acids is 2. The number of nitrogens with zero attached hydrogens (tertiary/aromatic N) is 1. The molecule has 1 saturated heterocycles. The van der Waals surface area contributed by atoms with Crippen molar-refractivity contribution < 1.29 is 9.59 Å². The van der Waals surface area contributed by atoms with Crippen molar-refractivity contribution in [1.82, 2.24) is 4.90 Å². The van der Waals surface area contributed by atoms with Crippen molar-refractivity contribution in [3.05, 3.63) is 76.3 Å². The van der Waals surface area contributed by atoms with Crippen molar-refractivity contribution in [2.24, 2.45) is 0 Å². The Bertz CT molecular complexity index is 753. The highest BCUT2D eigenvalue weighted by atomic mass is 35.5. The summed E-state index contributed by atoms with van der Waals surface area (Å²) in [4.78, 5) is 25.8. The summed E-state index contributed by atoms with van der Waals surface area (Å²) in [5, 5.41) is 0.604. The van der Waals surface area contributed by atoms with Gasteiger partial charge in [-0.05, 0) is 29.3 Å². The van der Waals surface area contributed by atoms with Crippen LogP contribution in [0.5, 0.6) is 0 Å². The summed E-state index contributed by atoms with van der Waals surface area (Å²) in [5.41, 5.74) is 2.33. The van der Waals surface area contributed by atoms with E-state index in [1.165, 1.54) is 0 Å². The van der Waals surface area contributed by atoms with Crippen molar-refractivity contribution in [3.63, 3.8) is 0 Å². The third kappa shape index (κ3) is 3.10. The maximum Gasteiger partial charge on any atom is 0.295 e. The highest BCUT2D eigenvalue weighted by Crippen LogP contribution is 2.20. The minimum absolute atomic E-state index is 0.332. The number of benzene rings is 2. The van der Waals surface area contributed by atoms with E-state index in [2.05, 4.69) is 0 Å². The molecule has 1 fully saturated rings. The quantitative estimate of drug-likeness (QED) is 0.644. The Balaban J connectivity index is 1.81. The molecule has 0 saturated carbocycles. The second kappa shape index (κ2) is 6.16. The molecule has 3 rings (SSSR count). The lowest BCUT2D eigenvalue weighted by Gasteiger charge is -2.13. The van der Waals surface area contributed by atoms with Gasteiger partial charge >= 0.3 is 0 Å². The number of Topliss-reactive ketones (excluding diaryl/α,β-unsaturated/α-hetero) is 1. The summed E-state index contributed by atoms with van der Waals surface area (Å²) < 4.78 is 0. The monoisotopic (exact) mass is 311 g/mol. The Labute approximate surface area is 133 Å². The van der Waals surface area contributed by atoms with Gasteiger partial charge in [-0.2, -0.15) is 0 Å². The predicted molar refractivity (Wildman–Crippen MR) is 86.3 cm³/mol. The summed E-state index contributed by atoms with van der Waals surface area (Å²) in [6, 6.07) is 16.9. The Morgan fingerprint density at radius 2 is 1.82 bits per heavy atom. The molecule has 2 aromatic carbocycles. The van der Waals surface area contributed by atoms with E-state index in [-0.39, 0.29) is 0 Å². The summed E-state index contributed by atoms with van der Waals surface area (Å²) in [6.45, 7) is 0.775. The van der Waals surface area contributed by atoms with Gasteiger partial charge in [0.15, 0.2) is 0 Å². The van der Waals surface area contributed by atoms with Crippen molar-refractivity contribution in [3.8, 4) is 0 Å². The molecular formula is C18H14ClNO2. The number of ketones is 1. The fourth-order valence-electron chi connectivity index (χ4n) is 2.47. The molecule has 4 heteroatoms. The molecule has 1 aliphatic rings. The first-order valence-corrected chi connectivity index (χ1v) is 7.35. The number of rotatable bonds is 3. The second-order valence-electron chi connectivity index (χ2n) is 5.20. The molecule has 0 bridgehead atoms. The van der Waals surface area contributed by atoms with Gasteiger partial charge in [0, 0.05) is 17.1 Å². The first-order valence-electron chi connectivity index (χ1n) is 6.97. The molecule has 0 aromatic heterocycles. The predicted octanol–water partition coefficient (Wildman–Crippen LogP) is 3.33.